The average molecular weight is 206 g/mol. The highest BCUT2D eigenvalue weighted by Crippen LogP contribution is 2.25. The van der Waals surface area contributed by atoms with E-state index in [1.54, 1.807) is 7.11 Å². The highest BCUT2D eigenvalue weighted by molar-refractivity contribution is 6.01. The summed E-state index contributed by atoms with van der Waals surface area (Å²) in [6.07, 6.45) is 0. The van der Waals surface area contributed by atoms with Gasteiger partial charge in [-0.05, 0) is 24.6 Å². The van der Waals surface area contributed by atoms with Crippen LogP contribution in [0.15, 0.2) is 18.2 Å². The fourth-order valence-corrected chi connectivity index (χ4v) is 1.38. The summed E-state index contributed by atoms with van der Waals surface area (Å²) < 4.78 is 5.12. The Morgan fingerprint density at radius 2 is 1.87 bits per heavy atom. The van der Waals surface area contributed by atoms with Gasteiger partial charge in [-0.15, -0.1) is 0 Å². The van der Waals surface area contributed by atoms with E-state index in [-0.39, 0.29) is 11.2 Å². The van der Waals surface area contributed by atoms with Crippen molar-refractivity contribution in [3.63, 3.8) is 0 Å². The molecule has 0 aromatic heterocycles. The third-order valence-electron chi connectivity index (χ3n) is 2.37. The van der Waals surface area contributed by atoms with Crippen LogP contribution in [0.5, 0.6) is 5.75 Å². The Morgan fingerprint density at radius 3 is 2.33 bits per heavy atom. The van der Waals surface area contributed by atoms with Gasteiger partial charge in [-0.1, -0.05) is 26.8 Å². The molecule has 0 aliphatic rings. The zero-order chi connectivity index (χ0) is 11.6. The van der Waals surface area contributed by atoms with Gasteiger partial charge in [0.1, 0.15) is 5.75 Å². The third-order valence-corrected chi connectivity index (χ3v) is 2.37. The number of carbonyl (C=O) groups excluding carboxylic acids is 1. The van der Waals surface area contributed by atoms with Gasteiger partial charge in [-0.3, -0.25) is 4.79 Å². The lowest BCUT2D eigenvalue weighted by Gasteiger charge is -2.18. The Hall–Kier alpha value is -1.31. The molecular formula is C13H18O2. The average Bonchev–Trinajstić information content (AvgIpc) is 2.16. The summed E-state index contributed by atoms with van der Waals surface area (Å²) in [5.41, 5.74) is 1.40. The van der Waals surface area contributed by atoms with Gasteiger partial charge in [0.15, 0.2) is 5.78 Å². The van der Waals surface area contributed by atoms with Crippen molar-refractivity contribution in [2.24, 2.45) is 5.41 Å². The van der Waals surface area contributed by atoms with E-state index in [4.69, 9.17) is 4.74 Å². The van der Waals surface area contributed by atoms with Crippen LogP contribution in [-0.4, -0.2) is 12.9 Å². The summed E-state index contributed by atoms with van der Waals surface area (Å²) in [6.45, 7) is 7.72. The summed E-state index contributed by atoms with van der Waals surface area (Å²) in [5, 5.41) is 0. The SMILES string of the molecule is COc1ccc(C)c(C(=O)C(C)(C)C)c1. The van der Waals surface area contributed by atoms with E-state index in [0.717, 1.165) is 16.9 Å². The van der Waals surface area contributed by atoms with Crippen LogP contribution in [-0.2, 0) is 0 Å². The number of rotatable bonds is 2. The molecule has 1 aromatic carbocycles. The minimum atomic E-state index is -0.350. The first-order chi connectivity index (χ1) is 6.86. The Labute approximate surface area is 91.3 Å². The molecule has 2 nitrogen and oxygen atoms in total. The molecule has 0 unspecified atom stereocenters. The molecular weight excluding hydrogens is 188 g/mol. The van der Waals surface area contributed by atoms with E-state index in [0.29, 0.717) is 0 Å². The summed E-state index contributed by atoms with van der Waals surface area (Å²) in [6, 6.07) is 5.59. The number of methoxy groups -OCH3 is 1. The van der Waals surface area contributed by atoms with Gasteiger partial charge >= 0.3 is 0 Å². The fraction of sp³-hybridized carbons (Fsp3) is 0.462. The van der Waals surface area contributed by atoms with Crippen molar-refractivity contribution in [3.05, 3.63) is 29.3 Å². The van der Waals surface area contributed by atoms with Crippen molar-refractivity contribution in [1.29, 1.82) is 0 Å². The molecule has 0 saturated heterocycles. The quantitative estimate of drug-likeness (QED) is 0.694. The largest absolute Gasteiger partial charge is 0.497 e. The molecule has 0 radical (unpaired) electrons. The van der Waals surface area contributed by atoms with E-state index < -0.39 is 0 Å². The van der Waals surface area contributed by atoms with Crippen LogP contribution in [0, 0.1) is 12.3 Å². The molecule has 15 heavy (non-hydrogen) atoms. The van der Waals surface area contributed by atoms with Gasteiger partial charge < -0.3 is 4.74 Å². The highest BCUT2D eigenvalue weighted by Gasteiger charge is 2.24. The lowest BCUT2D eigenvalue weighted by atomic mass is 9.85. The van der Waals surface area contributed by atoms with Gasteiger partial charge in [-0.2, -0.15) is 0 Å². The molecule has 0 amide bonds. The van der Waals surface area contributed by atoms with E-state index in [9.17, 15) is 4.79 Å². The Bertz CT molecular complexity index is 373. The van der Waals surface area contributed by atoms with Gasteiger partial charge in [-0.25, -0.2) is 0 Å². The van der Waals surface area contributed by atoms with E-state index >= 15 is 0 Å². The van der Waals surface area contributed by atoms with Crippen LogP contribution in [0.2, 0.25) is 0 Å². The second kappa shape index (κ2) is 4.05. The molecule has 0 heterocycles. The van der Waals surface area contributed by atoms with Crippen LogP contribution in [0.4, 0.5) is 0 Å². The Balaban J connectivity index is 3.19. The molecule has 82 valence electrons. The van der Waals surface area contributed by atoms with Gasteiger partial charge in [0, 0.05) is 11.0 Å². The number of benzene rings is 1. The van der Waals surface area contributed by atoms with E-state index in [1.165, 1.54) is 0 Å². The lowest BCUT2D eigenvalue weighted by molar-refractivity contribution is 0.0857. The monoisotopic (exact) mass is 206 g/mol. The van der Waals surface area contributed by atoms with Crippen molar-refractivity contribution >= 4 is 5.78 Å². The fourth-order valence-electron chi connectivity index (χ4n) is 1.38. The van der Waals surface area contributed by atoms with Crippen molar-refractivity contribution in [2.45, 2.75) is 27.7 Å². The molecule has 0 spiro atoms. The smallest absolute Gasteiger partial charge is 0.168 e. The predicted molar refractivity (Wildman–Crippen MR) is 61.5 cm³/mol. The molecule has 0 saturated carbocycles. The molecule has 0 N–H and O–H groups in total. The number of hydrogen-bond acceptors (Lipinski definition) is 2. The predicted octanol–water partition coefficient (Wildman–Crippen LogP) is 3.23. The van der Waals surface area contributed by atoms with Crippen LogP contribution in [0.3, 0.4) is 0 Å². The minimum absolute atomic E-state index is 0.152. The molecule has 2 heteroatoms. The molecule has 0 fully saturated rings. The third kappa shape index (κ3) is 2.58. The van der Waals surface area contributed by atoms with Crippen molar-refractivity contribution in [1.82, 2.24) is 0 Å². The van der Waals surface area contributed by atoms with E-state index in [1.807, 2.05) is 45.9 Å². The molecule has 1 aromatic rings. The van der Waals surface area contributed by atoms with Gasteiger partial charge in [0.05, 0.1) is 7.11 Å². The zero-order valence-electron chi connectivity index (χ0n) is 10.0. The van der Waals surface area contributed by atoms with Crippen LogP contribution in [0.1, 0.15) is 36.7 Å². The molecule has 1 rings (SSSR count). The van der Waals surface area contributed by atoms with Gasteiger partial charge in [0.2, 0.25) is 0 Å². The Morgan fingerprint density at radius 1 is 1.27 bits per heavy atom. The second-order valence-electron chi connectivity index (χ2n) is 4.76. The maximum absolute atomic E-state index is 12.1. The standard InChI is InChI=1S/C13H18O2/c1-9-6-7-10(15-5)8-11(9)12(14)13(2,3)4/h6-8H,1-5H3. The number of hydrogen-bond donors (Lipinski definition) is 0. The zero-order valence-corrected chi connectivity index (χ0v) is 10.0. The number of carbonyl (C=O) groups is 1. The number of aryl methyl sites for hydroxylation is 1. The number of ether oxygens (including phenoxy) is 1. The summed E-state index contributed by atoms with van der Waals surface area (Å²) in [4.78, 5) is 12.1. The maximum atomic E-state index is 12.1. The Kier molecular flexibility index (Phi) is 3.18. The van der Waals surface area contributed by atoms with Crippen molar-refractivity contribution in [2.75, 3.05) is 7.11 Å². The summed E-state index contributed by atoms with van der Waals surface area (Å²) in [7, 11) is 1.61. The number of Topliss-reactive ketones (excluding diaryl/α,β-unsaturated/α-hetero) is 1. The van der Waals surface area contributed by atoms with Gasteiger partial charge in [0.25, 0.3) is 0 Å². The second-order valence-corrected chi connectivity index (χ2v) is 4.76. The first-order valence-electron chi connectivity index (χ1n) is 5.05. The first kappa shape index (κ1) is 11.8. The summed E-state index contributed by atoms with van der Waals surface area (Å²) >= 11 is 0. The molecule has 0 aliphatic heterocycles. The normalized spacial score (nSPS) is 11.3. The maximum Gasteiger partial charge on any atom is 0.168 e. The minimum Gasteiger partial charge on any atom is -0.497 e. The topological polar surface area (TPSA) is 26.3 Å². The van der Waals surface area contributed by atoms with Crippen molar-refractivity contribution in [3.8, 4) is 5.75 Å². The molecule has 0 atom stereocenters. The van der Waals surface area contributed by atoms with Crippen LogP contribution < -0.4 is 4.74 Å². The first-order valence-corrected chi connectivity index (χ1v) is 5.05. The van der Waals surface area contributed by atoms with Crippen LogP contribution >= 0.6 is 0 Å². The number of ketones is 1. The van der Waals surface area contributed by atoms with E-state index in [2.05, 4.69) is 0 Å². The summed E-state index contributed by atoms with van der Waals surface area (Å²) in [5.74, 6) is 0.882. The highest BCUT2D eigenvalue weighted by atomic mass is 16.5. The van der Waals surface area contributed by atoms with Crippen molar-refractivity contribution < 1.29 is 9.53 Å². The lowest BCUT2D eigenvalue weighted by Crippen LogP contribution is -2.21. The molecule has 0 aliphatic carbocycles. The van der Waals surface area contributed by atoms with Crippen LogP contribution in [0.25, 0.3) is 0 Å². The molecule has 0 bridgehead atoms.